The molecule has 0 heterocycles. The van der Waals surface area contributed by atoms with E-state index in [-0.39, 0.29) is 18.2 Å². The lowest BCUT2D eigenvalue weighted by Gasteiger charge is -2.13. The lowest BCUT2D eigenvalue weighted by molar-refractivity contribution is 0.0915. The molecule has 1 atom stereocenters. The number of anilines is 1. The second-order valence-corrected chi connectivity index (χ2v) is 4.89. The number of aromatic hydroxyl groups is 1. The van der Waals surface area contributed by atoms with Gasteiger partial charge < -0.3 is 21.3 Å². The number of aliphatic hydroxyl groups excluding tert-OH is 1. The Hall–Kier alpha value is -2.53. The zero-order chi connectivity index (χ0) is 15.4. The van der Waals surface area contributed by atoms with Crippen molar-refractivity contribution in [3.05, 3.63) is 59.2 Å². The van der Waals surface area contributed by atoms with Gasteiger partial charge in [0.2, 0.25) is 0 Å². The molecule has 0 saturated carbocycles. The highest BCUT2D eigenvalue weighted by atomic mass is 16.3. The number of phenolic OH excluding ortho intramolecular Hbond substituents is 1. The number of nitrogen functional groups attached to an aromatic ring is 1. The Kier molecular flexibility index (Phi) is 4.45. The first kappa shape index (κ1) is 14.9. The van der Waals surface area contributed by atoms with Crippen LogP contribution in [0.3, 0.4) is 0 Å². The fourth-order valence-electron chi connectivity index (χ4n) is 2.02. The minimum Gasteiger partial charge on any atom is -0.508 e. The van der Waals surface area contributed by atoms with Crippen molar-refractivity contribution >= 4 is 11.6 Å². The number of aryl methyl sites for hydroxylation is 1. The summed E-state index contributed by atoms with van der Waals surface area (Å²) in [5, 5.41) is 22.0. The molecule has 0 radical (unpaired) electrons. The van der Waals surface area contributed by atoms with Gasteiger partial charge in [-0.3, -0.25) is 4.79 Å². The molecule has 110 valence electrons. The number of carbonyl (C=O) groups is 1. The van der Waals surface area contributed by atoms with Crippen LogP contribution in [0, 0.1) is 6.92 Å². The molecule has 0 aromatic heterocycles. The third-order valence-corrected chi connectivity index (χ3v) is 3.23. The quantitative estimate of drug-likeness (QED) is 0.644. The fourth-order valence-corrected chi connectivity index (χ4v) is 2.02. The summed E-state index contributed by atoms with van der Waals surface area (Å²) >= 11 is 0. The molecule has 2 rings (SSSR count). The summed E-state index contributed by atoms with van der Waals surface area (Å²) < 4.78 is 0. The third kappa shape index (κ3) is 3.73. The number of benzene rings is 2. The van der Waals surface area contributed by atoms with Crippen LogP contribution in [0.1, 0.15) is 27.6 Å². The summed E-state index contributed by atoms with van der Waals surface area (Å²) in [5.74, 6) is -0.173. The molecule has 0 aliphatic heterocycles. The van der Waals surface area contributed by atoms with Crippen LogP contribution in [0.25, 0.3) is 0 Å². The summed E-state index contributed by atoms with van der Waals surface area (Å²) in [6.07, 6.45) is -0.799. The fraction of sp³-hybridized carbons (Fsp3) is 0.188. The van der Waals surface area contributed by atoms with Gasteiger partial charge in [-0.2, -0.15) is 0 Å². The van der Waals surface area contributed by atoms with Gasteiger partial charge in [0.15, 0.2) is 0 Å². The van der Waals surface area contributed by atoms with E-state index in [2.05, 4.69) is 5.32 Å². The number of aliphatic hydroxyl groups is 1. The molecule has 5 heteroatoms. The maximum absolute atomic E-state index is 12.0. The lowest BCUT2D eigenvalue weighted by Crippen LogP contribution is -2.28. The van der Waals surface area contributed by atoms with E-state index in [0.717, 1.165) is 0 Å². The molecule has 0 saturated heterocycles. The van der Waals surface area contributed by atoms with Gasteiger partial charge in [0.25, 0.3) is 5.91 Å². The number of carbonyl (C=O) groups excluding carboxylic acids is 1. The highest BCUT2D eigenvalue weighted by molar-refractivity contribution is 5.95. The zero-order valence-corrected chi connectivity index (χ0v) is 11.7. The monoisotopic (exact) mass is 286 g/mol. The molecule has 0 bridgehead atoms. The van der Waals surface area contributed by atoms with Gasteiger partial charge >= 0.3 is 0 Å². The first-order chi connectivity index (χ1) is 9.97. The van der Waals surface area contributed by atoms with Crippen molar-refractivity contribution in [1.29, 1.82) is 0 Å². The van der Waals surface area contributed by atoms with Gasteiger partial charge in [-0.05, 0) is 48.4 Å². The smallest absolute Gasteiger partial charge is 0.251 e. The molecule has 5 nitrogen and oxygen atoms in total. The number of hydrogen-bond acceptors (Lipinski definition) is 4. The van der Waals surface area contributed by atoms with Crippen LogP contribution in [0.2, 0.25) is 0 Å². The van der Waals surface area contributed by atoms with Gasteiger partial charge in [0.05, 0.1) is 6.10 Å². The van der Waals surface area contributed by atoms with E-state index in [0.29, 0.717) is 22.4 Å². The highest BCUT2D eigenvalue weighted by Gasteiger charge is 2.12. The van der Waals surface area contributed by atoms with Crippen LogP contribution in [0.5, 0.6) is 5.75 Å². The number of rotatable bonds is 4. The van der Waals surface area contributed by atoms with Crippen LogP contribution < -0.4 is 11.1 Å². The van der Waals surface area contributed by atoms with E-state index in [1.807, 2.05) is 0 Å². The molecule has 5 N–H and O–H groups in total. The Morgan fingerprint density at radius 2 is 1.90 bits per heavy atom. The molecule has 1 amide bonds. The molecule has 2 aromatic rings. The lowest BCUT2D eigenvalue weighted by atomic mass is 10.1. The maximum atomic E-state index is 12.0. The molecule has 0 aliphatic carbocycles. The van der Waals surface area contributed by atoms with Crippen LogP contribution in [-0.2, 0) is 0 Å². The van der Waals surface area contributed by atoms with E-state index in [9.17, 15) is 15.0 Å². The molecule has 1 unspecified atom stereocenters. The van der Waals surface area contributed by atoms with E-state index in [4.69, 9.17) is 5.73 Å². The number of amides is 1. The van der Waals surface area contributed by atoms with Crippen LogP contribution in [0.15, 0.2) is 42.5 Å². The number of nitrogens with two attached hydrogens (primary N) is 1. The topological polar surface area (TPSA) is 95.6 Å². The predicted octanol–water partition coefficient (Wildman–Crippen LogP) is 1.75. The van der Waals surface area contributed by atoms with Crippen molar-refractivity contribution in [1.82, 2.24) is 5.32 Å². The van der Waals surface area contributed by atoms with E-state index >= 15 is 0 Å². The van der Waals surface area contributed by atoms with Gasteiger partial charge in [0.1, 0.15) is 5.75 Å². The minimum atomic E-state index is -0.799. The van der Waals surface area contributed by atoms with Gasteiger partial charge in [-0.25, -0.2) is 0 Å². The standard InChI is InChI=1S/C16H18N2O3/c1-10-8-13(19)6-7-14(10)16(21)18-9-15(20)11-2-4-12(17)5-3-11/h2-8,15,19-20H,9,17H2,1H3,(H,18,21). The predicted molar refractivity (Wildman–Crippen MR) is 81.0 cm³/mol. The summed E-state index contributed by atoms with van der Waals surface area (Å²) in [5.41, 5.74) is 8.03. The maximum Gasteiger partial charge on any atom is 0.251 e. The summed E-state index contributed by atoms with van der Waals surface area (Å²) in [4.78, 5) is 12.0. The zero-order valence-electron chi connectivity index (χ0n) is 11.7. The van der Waals surface area contributed by atoms with E-state index in [1.165, 1.54) is 12.1 Å². The number of phenols is 1. The van der Waals surface area contributed by atoms with Gasteiger partial charge in [-0.15, -0.1) is 0 Å². The van der Waals surface area contributed by atoms with Crippen molar-refractivity contribution in [2.45, 2.75) is 13.0 Å². The second-order valence-electron chi connectivity index (χ2n) is 4.89. The summed E-state index contributed by atoms with van der Waals surface area (Å²) in [6.45, 7) is 1.84. The SMILES string of the molecule is Cc1cc(O)ccc1C(=O)NCC(O)c1ccc(N)cc1. The summed E-state index contributed by atoms with van der Waals surface area (Å²) in [6, 6.07) is 11.4. The Labute approximate surface area is 123 Å². The van der Waals surface area contributed by atoms with Crippen LogP contribution in [0.4, 0.5) is 5.69 Å². The Bertz CT molecular complexity index is 638. The molecule has 21 heavy (non-hydrogen) atoms. The molecule has 0 spiro atoms. The minimum absolute atomic E-state index is 0.100. The van der Waals surface area contributed by atoms with Crippen molar-refractivity contribution in [2.75, 3.05) is 12.3 Å². The molecule has 2 aromatic carbocycles. The van der Waals surface area contributed by atoms with Crippen molar-refractivity contribution in [3.63, 3.8) is 0 Å². The average molecular weight is 286 g/mol. The van der Waals surface area contributed by atoms with Crippen LogP contribution >= 0.6 is 0 Å². The van der Waals surface area contributed by atoms with Crippen molar-refractivity contribution < 1.29 is 15.0 Å². The Balaban J connectivity index is 1.99. The number of nitrogens with one attached hydrogen (secondary N) is 1. The normalized spacial score (nSPS) is 11.9. The van der Waals surface area contributed by atoms with E-state index in [1.54, 1.807) is 37.3 Å². The largest absolute Gasteiger partial charge is 0.508 e. The Morgan fingerprint density at radius 3 is 2.52 bits per heavy atom. The third-order valence-electron chi connectivity index (χ3n) is 3.23. The highest BCUT2D eigenvalue weighted by Crippen LogP contribution is 2.17. The average Bonchev–Trinajstić information content (AvgIpc) is 2.45. The van der Waals surface area contributed by atoms with Crippen LogP contribution in [-0.4, -0.2) is 22.7 Å². The van der Waals surface area contributed by atoms with Crippen molar-refractivity contribution in [2.24, 2.45) is 0 Å². The Morgan fingerprint density at radius 1 is 1.24 bits per heavy atom. The molecular weight excluding hydrogens is 268 g/mol. The second kappa shape index (κ2) is 6.28. The number of hydrogen-bond donors (Lipinski definition) is 4. The van der Waals surface area contributed by atoms with Gasteiger partial charge in [0, 0.05) is 17.8 Å². The molecule has 0 aliphatic rings. The first-order valence-electron chi connectivity index (χ1n) is 6.58. The van der Waals surface area contributed by atoms with E-state index < -0.39 is 6.10 Å². The molecule has 0 fully saturated rings. The first-order valence-corrected chi connectivity index (χ1v) is 6.58. The molecular formula is C16H18N2O3. The van der Waals surface area contributed by atoms with Crippen molar-refractivity contribution in [3.8, 4) is 5.75 Å². The van der Waals surface area contributed by atoms with Gasteiger partial charge in [-0.1, -0.05) is 12.1 Å². The summed E-state index contributed by atoms with van der Waals surface area (Å²) in [7, 11) is 0.